The minimum absolute atomic E-state index is 0.216. The van der Waals surface area contributed by atoms with E-state index >= 15 is 0 Å². The van der Waals surface area contributed by atoms with Gasteiger partial charge in [0, 0.05) is 5.56 Å². The summed E-state index contributed by atoms with van der Waals surface area (Å²) in [6.07, 6.45) is 0.231. The number of nitrogens with zero attached hydrogens (tertiary/aromatic N) is 1. The molecule has 0 unspecified atom stereocenters. The largest absolute Gasteiger partial charge is 0.436 e. The predicted octanol–water partition coefficient (Wildman–Crippen LogP) is 2.10. The first kappa shape index (κ1) is 13.3. The minimum atomic E-state index is -0.347. The van der Waals surface area contributed by atoms with Crippen LogP contribution in [0.5, 0.6) is 0 Å². The van der Waals surface area contributed by atoms with Crippen molar-refractivity contribution in [2.24, 2.45) is 0 Å². The van der Waals surface area contributed by atoms with Gasteiger partial charge in [-0.1, -0.05) is 24.3 Å². The Morgan fingerprint density at radius 1 is 1.14 bits per heavy atom. The third kappa shape index (κ3) is 2.93. The van der Waals surface area contributed by atoms with Gasteiger partial charge in [-0.3, -0.25) is 4.79 Å². The highest BCUT2D eigenvalue weighted by atomic mass is 16.3. The van der Waals surface area contributed by atoms with Gasteiger partial charge in [0.05, 0.1) is 6.42 Å². The molecular weight excluding hydrogens is 268 g/mol. The van der Waals surface area contributed by atoms with Crippen LogP contribution in [0.3, 0.4) is 0 Å². The molecule has 0 saturated carbocycles. The fraction of sp³-hybridized carbons (Fsp3) is 0.125. The lowest BCUT2D eigenvalue weighted by Gasteiger charge is -2.02. The van der Waals surface area contributed by atoms with Gasteiger partial charge < -0.3 is 14.8 Å². The van der Waals surface area contributed by atoms with Gasteiger partial charge in [-0.2, -0.15) is 0 Å². The number of fused-ring (bicyclic) bond motifs is 1. The van der Waals surface area contributed by atoms with E-state index in [4.69, 9.17) is 9.52 Å². The number of aliphatic hydroxyl groups excluding tert-OH is 1. The highest BCUT2D eigenvalue weighted by Crippen LogP contribution is 2.24. The first-order valence-corrected chi connectivity index (χ1v) is 6.59. The van der Waals surface area contributed by atoms with Gasteiger partial charge >= 0.3 is 0 Å². The lowest BCUT2D eigenvalue weighted by molar-refractivity contribution is -0.121. The van der Waals surface area contributed by atoms with E-state index in [9.17, 15) is 4.79 Å². The van der Waals surface area contributed by atoms with Crippen molar-refractivity contribution < 1.29 is 14.3 Å². The number of amides is 1. The molecule has 0 radical (unpaired) electrons. The zero-order chi connectivity index (χ0) is 14.7. The summed E-state index contributed by atoms with van der Waals surface area (Å²) < 4.78 is 5.69. The van der Waals surface area contributed by atoms with Gasteiger partial charge in [0.15, 0.2) is 5.58 Å². The van der Waals surface area contributed by atoms with Crippen LogP contribution in [0.2, 0.25) is 0 Å². The summed E-state index contributed by atoms with van der Waals surface area (Å²) in [5, 5.41) is 11.0. The molecule has 3 aromatic rings. The summed E-state index contributed by atoms with van der Waals surface area (Å²) in [6, 6.07) is 15.0. The van der Waals surface area contributed by atoms with Crippen molar-refractivity contribution in [3.8, 4) is 11.5 Å². The predicted molar refractivity (Wildman–Crippen MR) is 78.4 cm³/mol. The van der Waals surface area contributed by atoms with Crippen LogP contribution in [-0.4, -0.2) is 22.7 Å². The van der Waals surface area contributed by atoms with Crippen LogP contribution in [0.1, 0.15) is 5.56 Å². The highest BCUT2D eigenvalue weighted by molar-refractivity contribution is 5.79. The number of aromatic nitrogens is 1. The number of aliphatic hydroxyl groups is 1. The maximum atomic E-state index is 11.4. The Morgan fingerprint density at radius 2 is 1.90 bits per heavy atom. The minimum Gasteiger partial charge on any atom is -0.436 e. The number of benzene rings is 2. The standard InChI is InChI=1S/C16H14N2O3/c19-10-17-15(20)9-11-5-7-12(8-6-11)16-18-13-3-1-2-4-14(13)21-16/h1-8,19H,9-10H2,(H,17,20). The summed E-state index contributed by atoms with van der Waals surface area (Å²) in [6.45, 7) is -0.347. The Balaban J connectivity index is 1.81. The average molecular weight is 282 g/mol. The Morgan fingerprint density at radius 3 is 2.62 bits per heavy atom. The molecule has 21 heavy (non-hydrogen) atoms. The Bertz CT molecular complexity index is 730. The van der Waals surface area contributed by atoms with Crippen molar-refractivity contribution in [3.05, 3.63) is 54.1 Å². The fourth-order valence-electron chi connectivity index (χ4n) is 2.10. The zero-order valence-corrected chi connectivity index (χ0v) is 11.2. The number of hydrogen-bond acceptors (Lipinski definition) is 4. The van der Waals surface area contributed by atoms with E-state index in [-0.39, 0.29) is 19.1 Å². The molecule has 0 aliphatic carbocycles. The average Bonchev–Trinajstić information content (AvgIpc) is 2.92. The molecular formula is C16H14N2O3. The summed E-state index contributed by atoms with van der Waals surface area (Å²) >= 11 is 0. The van der Waals surface area contributed by atoms with Crippen LogP contribution >= 0.6 is 0 Å². The molecule has 3 rings (SSSR count). The van der Waals surface area contributed by atoms with Crippen molar-refractivity contribution in [2.45, 2.75) is 6.42 Å². The van der Waals surface area contributed by atoms with Gasteiger partial charge in [-0.05, 0) is 29.8 Å². The molecule has 2 N–H and O–H groups in total. The van der Waals surface area contributed by atoms with Crippen LogP contribution < -0.4 is 5.32 Å². The SMILES string of the molecule is O=C(Cc1ccc(-c2nc3ccccc3o2)cc1)NCO. The normalized spacial score (nSPS) is 10.7. The van der Waals surface area contributed by atoms with Crippen molar-refractivity contribution >= 4 is 17.0 Å². The van der Waals surface area contributed by atoms with Crippen LogP contribution in [0.15, 0.2) is 52.9 Å². The Kier molecular flexibility index (Phi) is 3.66. The maximum absolute atomic E-state index is 11.4. The summed E-state index contributed by atoms with van der Waals surface area (Å²) in [5.41, 5.74) is 3.29. The molecule has 0 aliphatic heterocycles. The van der Waals surface area contributed by atoms with Gasteiger partial charge in [0.25, 0.3) is 0 Å². The fourth-order valence-corrected chi connectivity index (χ4v) is 2.10. The second kappa shape index (κ2) is 5.76. The summed E-state index contributed by atoms with van der Waals surface area (Å²) in [4.78, 5) is 15.8. The van der Waals surface area contributed by atoms with E-state index in [0.717, 1.165) is 22.2 Å². The third-order valence-corrected chi connectivity index (χ3v) is 3.14. The summed E-state index contributed by atoms with van der Waals surface area (Å²) in [5.74, 6) is 0.342. The number of rotatable bonds is 4. The van der Waals surface area contributed by atoms with Gasteiger partial charge in [0.2, 0.25) is 11.8 Å². The van der Waals surface area contributed by atoms with Crippen molar-refractivity contribution in [3.63, 3.8) is 0 Å². The quantitative estimate of drug-likeness (QED) is 0.719. The second-order valence-electron chi connectivity index (χ2n) is 4.62. The van der Waals surface area contributed by atoms with E-state index in [1.807, 2.05) is 48.5 Å². The molecule has 2 aromatic carbocycles. The number of carbonyl (C=O) groups is 1. The van der Waals surface area contributed by atoms with Crippen LogP contribution in [0.25, 0.3) is 22.6 Å². The van der Waals surface area contributed by atoms with Crippen LogP contribution in [-0.2, 0) is 11.2 Å². The molecule has 0 spiro atoms. The lowest BCUT2D eigenvalue weighted by atomic mass is 10.1. The molecule has 0 bridgehead atoms. The van der Waals surface area contributed by atoms with Crippen molar-refractivity contribution in [1.29, 1.82) is 0 Å². The third-order valence-electron chi connectivity index (χ3n) is 3.14. The smallest absolute Gasteiger partial charge is 0.227 e. The molecule has 0 aliphatic rings. The zero-order valence-electron chi connectivity index (χ0n) is 11.2. The number of oxazole rings is 1. The molecule has 0 atom stereocenters. The van der Waals surface area contributed by atoms with Crippen molar-refractivity contribution in [2.75, 3.05) is 6.73 Å². The number of carbonyl (C=O) groups excluding carboxylic acids is 1. The first-order valence-electron chi connectivity index (χ1n) is 6.59. The molecule has 1 aromatic heterocycles. The second-order valence-corrected chi connectivity index (χ2v) is 4.62. The van der Waals surface area contributed by atoms with E-state index in [1.165, 1.54) is 0 Å². The molecule has 1 heterocycles. The molecule has 1 amide bonds. The van der Waals surface area contributed by atoms with Gasteiger partial charge in [0.1, 0.15) is 12.2 Å². The first-order chi connectivity index (χ1) is 10.3. The number of para-hydroxylation sites is 2. The van der Waals surface area contributed by atoms with Crippen LogP contribution in [0.4, 0.5) is 0 Å². The van der Waals surface area contributed by atoms with Crippen LogP contribution in [0, 0.1) is 0 Å². The van der Waals surface area contributed by atoms with Crippen molar-refractivity contribution in [1.82, 2.24) is 10.3 Å². The molecule has 0 fully saturated rings. The summed E-state index contributed by atoms with van der Waals surface area (Å²) in [7, 11) is 0. The number of hydrogen-bond donors (Lipinski definition) is 2. The highest BCUT2D eigenvalue weighted by Gasteiger charge is 2.08. The van der Waals surface area contributed by atoms with Gasteiger partial charge in [-0.25, -0.2) is 4.98 Å². The van der Waals surface area contributed by atoms with E-state index in [2.05, 4.69) is 10.3 Å². The maximum Gasteiger partial charge on any atom is 0.227 e. The molecule has 0 saturated heterocycles. The Hall–Kier alpha value is -2.66. The Labute approximate surface area is 121 Å². The number of nitrogens with one attached hydrogen (secondary N) is 1. The topological polar surface area (TPSA) is 75.4 Å². The molecule has 5 nitrogen and oxygen atoms in total. The molecule has 5 heteroatoms. The van der Waals surface area contributed by atoms with Gasteiger partial charge in [-0.15, -0.1) is 0 Å². The van der Waals surface area contributed by atoms with E-state index in [1.54, 1.807) is 0 Å². The molecule has 106 valence electrons. The van der Waals surface area contributed by atoms with E-state index in [0.29, 0.717) is 5.89 Å². The van der Waals surface area contributed by atoms with E-state index < -0.39 is 0 Å². The monoisotopic (exact) mass is 282 g/mol. The lowest BCUT2D eigenvalue weighted by Crippen LogP contribution is -2.25.